The second kappa shape index (κ2) is 3.81. The number of aromatic nitrogens is 2. The van der Waals surface area contributed by atoms with Crippen molar-refractivity contribution >= 4 is 17.4 Å². The van der Waals surface area contributed by atoms with Crippen LogP contribution < -0.4 is 9.80 Å². The molecule has 5 heteroatoms. The number of rotatable bonds is 1. The van der Waals surface area contributed by atoms with Crippen LogP contribution in [0.4, 0.5) is 5.82 Å². The number of hydrogen-bond acceptors (Lipinski definition) is 3. The minimum Gasteiger partial charge on any atom is -0.306 e. The summed E-state index contributed by atoms with van der Waals surface area (Å²) in [7, 11) is 2.15. The Balaban J connectivity index is 2.32. The first-order valence-electron chi connectivity index (χ1n) is 4.75. The lowest BCUT2D eigenvalue weighted by Crippen LogP contribution is -2.57. The van der Waals surface area contributed by atoms with E-state index in [9.17, 15) is 0 Å². The number of piperazine rings is 1. The summed E-state index contributed by atoms with van der Waals surface area (Å²) in [5.74, 6) is 0.885. The highest BCUT2D eigenvalue weighted by atomic mass is 35.5. The molecule has 4 nitrogen and oxygen atoms in total. The zero-order chi connectivity index (χ0) is 10.0. The Morgan fingerprint density at radius 1 is 1.29 bits per heavy atom. The standard InChI is InChI=1S/C9H14ClN4/c1-14(6-4-11-5-7-14)9-8(10)12-2-3-13-9/h2-3,11H,4-7H2,1H3/q+1. The van der Waals surface area contributed by atoms with Gasteiger partial charge in [0.05, 0.1) is 26.3 Å². The average Bonchev–Trinajstić information content (AvgIpc) is 2.19. The lowest BCUT2D eigenvalue weighted by molar-refractivity contribution is 0.281. The van der Waals surface area contributed by atoms with Gasteiger partial charge in [0.1, 0.15) is 0 Å². The molecule has 0 aromatic carbocycles. The summed E-state index contributed by atoms with van der Waals surface area (Å²) in [6.45, 7) is 4.03. The Labute approximate surface area is 88.5 Å². The summed E-state index contributed by atoms with van der Waals surface area (Å²) in [5, 5.41) is 3.85. The molecule has 0 saturated carbocycles. The van der Waals surface area contributed by atoms with E-state index >= 15 is 0 Å². The van der Waals surface area contributed by atoms with Crippen LogP contribution in [0.25, 0.3) is 0 Å². The molecule has 0 unspecified atom stereocenters. The fourth-order valence-corrected chi connectivity index (χ4v) is 2.09. The van der Waals surface area contributed by atoms with E-state index in [2.05, 4.69) is 22.3 Å². The van der Waals surface area contributed by atoms with Crippen LogP contribution in [0.15, 0.2) is 12.4 Å². The molecule has 0 amide bonds. The van der Waals surface area contributed by atoms with Gasteiger partial charge in [-0.3, -0.25) is 4.48 Å². The predicted molar refractivity (Wildman–Crippen MR) is 57.4 cm³/mol. The van der Waals surface area contributed by atoms with Gasteiger partial charge >= 0.3 is 0 Å². The molecule has 1 N–H and O–H groups in total. The zero-order valence-corrected chi connectivity index (χ0v) is 8.96. The second-order valence-corrected chi connectivity index (χ2v) is 4.12. The highest BCUT2D eigenvalue weighted by molar-refractivity contribution is 6.31. The van der Waals surface area contributed by atoms with Crippen LogP contribution >= 0.6 is 11.6 Å². The minimum atomic E-state index is 0.525. The molecule has 76 valence electrons. The molecule has 1 saturated heterocycles. The lowest BCUT2D eigenvalue weighted by atomic mass is 10.3. The Hall–Kier alpha value is -0.710. The summed E-state index contributed by atoms with van der Waals surface area (Å²) in [4.78, 5) is 8.39. The van der Waals surface area contributed by atoms with Crippen LogP contribution in [0.3, 0.4) is 0 Å². The Kier molecular flexibility index (Phi) is 2.67. The van der Waals surface area contributed by atoms with Gasteiger partial charge in [-0.15, -0.1) is 0 Å². The number of nitrogens with one attached hydrogen (secondary N) is 1. The number of halogens is 1. The maximum absolute atomic E-state index is 6.04. The summed E-state index contributed by atoms with van der Waals surface area (Å²) in [6, 6.07) is 0. The quantitative estimate of drug-likeness (QED) is 0.697. The Bertz CT molecular complexity index is 322. The van der Waals surface area contributed by atoms with Crippen molar-refractivity contribution in [3.63, 3.8) is 0 Å². The third-order valence-corrected chi connectivity index (χ3v) is 2.98. The van der Waals surface area contributed by atoms with Gasteiger partial charge in [0.15, 0.2) is 0 Å². The van der Waals surface area contributed by atoms with E-state index in [0.29, 0.717) is 5.15 Å². The molecule has 0 spiro atoms. The second-order valence-electron chi connectivity index (χ2n) is 3.76. The van der Waals surface area contributed by atoms with Crippen LogP contribution in [-0.2, 0) is 0 Å². The van der Waals surface area contributed by atoms with Crippen molar-refractivity contribution in [3.8, 4) is 0 Å². The molecule has 1 aliphatic rings. The van der Waals surface area contributed by atoms with Crippen LogP contribution in [0, 0.1) is 0 Å². The monoisotopic (exact) mass is 213 g/mol. The first-order chi connectivity index (χ1) is 6.72. The fourth-order valence-electron chi connectivity index (χ4n) is 1.78. The van der Waals surface area contributed by atoms with E-state index in [1.807, 2.05) is 0 Å². The summed E-state index contributed by atoms with van der Waals surface area (Å²) < 4.78 is 0.777. The first kappa shape index (κ1) is 9.83. The molecule has 0 aliphatic carbocycles. The van der Waals surface area contributed by atoms with Gasteiger partial charge in [-0.05, 0) is 0 Å². The van der Waals surface area contributed by atoms with E-state index in [1.54, 1.807) is 12.4 Å². The third-order valence-electron chi connectivity index (χ3n) is 2.71. The van der Waals surface area contributed by atoms with Crippen molar-refractivity contribution in [2.75, 3.05) is 33.2 Å². The maximum Gasteiger partial charge on any atom is 0.265 e. The Morgan fingerprint density at radius 2 is 1.93 bits per heavy atom. The lowest BCUT2D eigenvalue weighted by Gasteiger charge is -2.36. The van der Waals surface area contributed by atoms with Gasteiger partial charge in [-0.25, -0.2) is 9.97 Å². The molecule has 14 heavy (non-hydrogen) atoms. The molecule has 1 fully saturated rings. The van der Waals surface area contributed by atoms with E-state index < -0.39 is 0 Å². The van der Waals surface area contributed by atoms with Gasteiger partial charge in [0, 0.05) is 19.3 Å². The Morgan fingerprint density at radius 3 is 2.57 bits per heavy atom. The van der Waals surface area contributed by atoms with Gasteiger partial charge in [0.2, 0.25) is 5.15 Å². The summed E-state index contributed by atoms with van der Waals surface area (Å²) >= 11 is 6.04. The highest BCUT2D eigenvalue weighted by Crippen LogP contribution is 2.25. The van der Waals surface area contributed by atoms with Crippen molar-refractivity contribution < 1.29 is 0 Å². The smallest absolute Gasteiger partial charge is 0.265 e. The number of likely N-dealkylation sites (N-methyl/N-ethyl adjacent to an activating group) is 1. The largest absolute Gasteiger partial charge is 0.306 e. The maximum atomic E-state index is 6.04. The van der Waals surface area contributed by atoms with Crippen molar-refractivity contribution in [2.24, 2.45) is 0 Å². The van der Waals surface area contributed by atoms with Crippen LogP contribution in [0.1, 0.15) is 0 Å². The van der Waals surface area contributed by atoms with E-state index in [0.717, 1.165) is 36.5 Å². The van der Waals surface area contributed by atoms with E-state index in [4.69, 9.17) is 11.6 Å². The molecule has 1 aliphatic heterocycles. The average molecular weight is 214 g/mol. The summed E-state index contributed by atoms with van der Waals surface area (Å²) in [5.41, 5.74) is 0. The molecule has 2 rings (SSSR count). The zero-order valence-electron chi connectivity index (χ0n) is 8.20. The van der Waals surface area contributed by atoms with Gasteiger partial charge < -0.3 is 5.32 Å². The highest BCUT2D eigenvalue weighted by Gasteiger charge is 2.31. The summed E-state index contributed by atoms with van der Waals surface area (Å²) in [6.07, 6.45) is 3.33. The van der Waals surface area contributed by atoms with Gasteiger partial charge in [-0.2, -0.15) is 0 Å². The van der Waals surface area contributed by atoms with Crippen LogP contribution in [0.2, 0.25) is 5.15 Å². The molecular formula is C9H14ClN4+. The van der Waals surface area contributed by atoms with Crippen molar-refractivity contribution in [1.29, 1.82) is 0 Å². The molecule has 0 atom stereocenters. The SMILES string of the molecule is C[N+]1(c2nccnc2Cl)CCNCC1. The number of quaternary nitrogens is 1. The number of nitrogens with zero attached hydrogens (tertiary/aromatic N) is 3. The van der Waals surface area contributed by atoms with Crippen LogP contribution in [0.5, 0.6) is 0 Å². The molecule has 0 radical (unpaired) electrons. The minimum absolute atomic E-state index is 0.525. The molecule has 1 aromatic heterocycles. The van der Waals surface area contributed by atoms with Crippen molar-refractivity contribution in [3.05, 3.63) is 17.5 Å². The van der Waals surface area contributed by atoms with Crippen molar-refractivity contribution in [1.82, 2.24) is 19.8 Å². The molecule has 0 bridgehead atoms. The topological polar surface area (TPSA) is 37.8 Å². The predicted octanol–water partition coefficient (Wildman–Crippen LogP) is 0.670. The molecule has 1 aromatic rings. The first-order valence-corrected chi connectivity index (χ1v) is 5.12. The van der Waals surface area contributed by atoms with Crippen molar-refractivity contribution in [2.45, 2.75) is 0 Å². The van der Waals surface area contributed by atoms with Gasteiger partial charge in [-0.1, -0.05) is 11.6 Å². The normalized spacial score (nSPS) is 20.7. The van der Waals surface area contributed by atoms with E-state index in [1.165, 1.54) is 0 Å². The van der Waals surface area contributed by atoms with Crippen LogP contribution in [-0.4, -0.2) is 43.2 Å². The molecular weight excluding hydrogens is 200 g/mol. The number of hydrogen-bond donors (Lipinski definition) is 1. The molecule has 2 heterocycles. The fraction of sp³-hybridized carbons (Fsp3) is 0.556. The van der Waals surface area contributed by atoms with Gasteiger partial charge in [0.25, 0.3) is 5.82 Å². The van der Waals surface area contributed by atoms with E-state index in [-0.39, 0.29) is 0 Å². The third kappa shape index (κ3) is 1.73.